The molecule has 0 saturated carbocycles. The van der Waals surface area contributed by atoms with Crippen molar-refractivity contribution < 1.29 is 157 Å². The van der Waals surface area contributed by atoms with Crippen LogP contribution in [0.25, 0.3) is 22.9 Å². The normalized spacial score (nSPS) is 14.3. The number of ketones is 2. The summed E-state index contributed by atoms with van der Waals surface area (Å²) in [4.78, 5) is 39.4. The molecule has 0 saturated heterocycles. The third-order valence-electron chi connectivity index (χ3n) is 9.87. The summed E-state index contributed by atoms with van der Waals surface area (Å²) in [5.41, 5.74) is 4.07. The maximum Gasteiger partial charge on any atom is 1.00 e. The second-order valence-electron chi connectivity index (χ2n) is 14.5. The average Bonchev–Trinajstić information content (AvgIpc) is 3.27. The van der Waals surface area contributed by atoms with E-state index in [9.17, 15) is 53.3 Å². The Morgan fingerprint density at radius 2 is 1.08 bits per heavy atom. The zero-order valence-electron chi connectivity index (χ0n) is 38.5. The molecule has 0 fully saturated rings. The Balaban J connectivity index is 0.00000112. The summed E-state index contributed by atoms with van der Waals surface area (Å²) in [5.74, 6) is -1.52. The van der Waals surface area contributed by atoms with Crippen molar-refractivity contribution >= 4 is 105 Å². The van der Waals surface area contributed by atoms with Crippen molar-refractivity contribution in [3.8, 4) is 5.75 Å². The van der Waals surface area contributed by atoms with Crippen LogP contribution in [-0.4, -0.2) is 124 Å². The molecule has 0 radical (unpaired) electrons. The van der Waals surface area contributed by atoms with Crippen LogP contribution in [0, 0.1) is 0 Å². The number of anilines is 4. The molecule has 0 unspecified atom stereocenters. The third kappa shape index (κ3) is 15.7. The molecular formula is C43H38N7Na3O15S3. The van der Waals surface area contributed by atoms with Gasteiger partial charge in [0.15, 0.2) is 0 Å². The molecule has 22 nitrogen and oxygen atoms in total. The topological polar surface area (TPSA) is 349 Å². The van der Waals surface area contributed by atoms with Gasteiger partial charge in [-0.1, -0.05) is 24.3 Å². The molecule has 28 heteroatoms. The van der Waals surface area contributed by atoms with Gasteiger partial charge in [0.05, 0.1) is 46.4 Å². The van der Waals surface area contributed by atoms with Crippen molar-refractivity contribution in [1.82, 2.24) is 4.90 Å². The molecule has 5 aromatic rings. The molecule has 5 aromatic carbocycles. The number of aliphatic hydroxyl groups excluding tert-OH is 2. The number of aliphatic hydroxyl groups is 2. The number of carbonyl (C=O) groups is 3. The summed E-state index contributed by atoms with van der Waals surface area (Å²) in [5, 5.41) is 30.3. The van der Waals surface area contributed by atoms with Gasteiger partial charge in [-0.25, -0.2) is 30.0 Å². The van der Waals surface area contributed by atoms with Gasteiger partial charge in [0.25, 0.3) is 0 Å². The first-order valence-corrected chi connectivity index (χ1v) is 23.9. The first kappa shape index (κ1) is 61.1. The van der Waals surface area contributed by atoms with E-state index in [1.165, 1.54) is 73.8 Å². The molecule has 2 aliphatic carbocycles. The first-order valence-electron chi connectivity index (χ1n) is 19.6. The average molecular weight is 1060 g/mol. The number of benzene rings is 5. The molecule has 0 aromatic heterocycles. The van der Waals surface area contributed by atoms with Crippen molar-refractivity contribution in [2.24, 2.45) is 10.2 Å². The minimum atomic E-state index is -5.30. The van der Waals surface area contributed by atoms with Gasteiger partial charge in [-0.2, -0.15) is 10.2 Å². The van der Waals surface area contributed by atoms with Crippen LogP contribution >= 0.6 is 0 Å². The second-order valence-corrected chi connectivity index (χ2v) is 18.6. The minimum absolute atomic E-state index is 0. The van der Waals surface area contributed by atoms with Gasteiger partial charge in [-0.15, -0.1) is 0 Å². The Labute approximate surface area is 473 Å². The minimum Gasteiger partial charge on any atom is -0.744 e. The number of urea groups is 1. The van der Waals surface area contributed by atoms with Crippen molar-refractivity contribution in [2.45, 2.75) is 4.90 Å². The van der Waals surface area contributed by atoms with Crippen LogP contribution in [0.15, 0.2) is 122 Å². The number of hydrogen-bond acceptors (Lipinski definition) is 20. The molecule has 0 heterocycles. The Bertz CT molecular complexity index is 3330. The number of carbonyl (C=O) groups excluding carboxylic acids is 3. The van der Waals surface area contributed by atoms with E-state index in [-0.39, 0.29) is 147 Å². The van der Waals surface area contributed by atoms with Gasteiger partial charge in [0, 0.05) is 35.6 Å². The molecule has 0 aliphatic heterocycles. The Morgan fingerprint density at radius 1 is 0.620 bits per heavy atom. The van der Waals surface area contributed by atoms with E-state index in [4.69, 9.17) is 14.9 Å². The van der Waals surface area contributed by atoms with Gasteiger partial charge in [-0.05, 0) is 114 Å². The molecule has 6 N–H and O–H groups in total. The number of hydrogen-bond donors (Lipinski definition) is 6. The molecular weight excluding hydrogens is 1020 g/mol. The fraction of sp³-hybridized carbons (Fsp3) is 0.140. The number of allylic oxidation sites excluding steroid dienone is 2. The van der Waals surface area contributed by atoms with E-state index >= 15 is 0 Å². The predicted molar refractivity (Wildman–Crippen MR) is 248 cm³/mol. The fourth-order valence-electron chi connectivity index (χ4n) is 6.59. The maximum atomic E-state index is 13.5. The number of Topliss-reactive ketones (excluding diaryl/α,β-unsaturated/α-hetero) is 2. The molecule has 71 heavy (non-hydrogen) atoms. The maximum absolute atomic E-state index is 13.5. The quantitative estimate of drug-likeness (QED) is 0.0343. The van der Waals surface area contributed by atoms with Crippen molar-refractivity contribution in [1.29, 1.82) is 0 Å². The molecule has 356 valence electrons. The molecule has 2 aliphatic rings. The monoisotopic (exact) mass is 1060 g/mol. The van der Waals surface area contributed by atoms with E-state index < -0.39 is 74.1 Å². The van der Waals surface area contributed by atoms with Crippen LogP contribution in [-0.2, 0) is 30.4 Å². The summed E-state index contributed by atoms with van der Waals surface area (Å²) in [6.07, 6.45) is 1.85. The van der Waals surface area contributed by atoms with E-state index in [1.54, 1.807) is 24.3 Å². The Hall–Kier alpha value is -4.20. The number of nitrogens with zero attached hydrogens (tertiary/aromatic N) is 3. The summed E-state index contributed by atoms with van der Waals surface area (Å²) in [6.45, 7) is 1.61. The standard InChI is InChI=1S/C38H28N6O13S3.C5H13NO2.3Na/c1-57-31-5-3-2-4-30(31)42-44-35-33(60(54,55)56)19-23-16-25(10-13-29(23)37(35)46)40-38(47)39-24-9-12-28-22(15-24)18-32(59(51,52)53)34(36(28)45)43-41-26-8-6-21-17-27(58(48,49)50)11-7-20(21)14-26;1-6(2-4-7)3-5-8;;;/h2-19,41-42H,1H3,(H2,39,40,47)(H,48,49,50)(H,51,52,53)(H,54,55,56);7-8H,2-5H2,1H3;;;/q;;3*+1/p-3/b43-34-,44-35+;;;;. The number of para-hydroxylation sites is 2. The largest absolute Gasteiger partial charge is 1.00 e. The van der Waals surface area contributed by atoms with Crippen molar-refractivity contribution in [3.63, 3.8) is 0 Å². The summed E-state index contributed by atoms with van der Waals surface area (Å²) in [7, 11) is -12.0. The van der Waals surface area contributed by atoms with Gasteiger partial charge >= 0.3 is 94.7 Å². The molecule has 7 rings (SSSR count). The Kier molecular flexibility index (Phi) is 22.5. The van der Waals surface area contributed by atoms with Gasteiger partial charge in [-0.3, -0.25) is 20.4 Å². The van der Waals surface area contributed by atoms with Crippen LogP contribution in [0.3, 0.4) is 0 Å². The van der Waals surface area contributed by atoms with E-state index in [2.05, 4.69) is 31.7 Å². The van der Waals surface area contributed by atoms with Crippen LogP contribution in [0.5, 0.6) is 5.75 Å². The third-order valence-corrected chi connectivity index (χ3v) is 12.4. The number of fused-ring (bicyclic) bond motifs is 3. The van der Waals surface area contributed by atoms with Crippen molar-refractivity contribution in [3.05, 3.63) is 129 Å². The molecule has 2 amide bonds. The van der Waals surface area contributed by atoms with Crippen molar-refractivity contribution in [2.75, 3.05) is 61.9 Å². The first-order chi connectivity index (χ1) is 32.1. The number of amides is 2. The second kappa shape index (κ2) is 26.1. The van der Waals surface area contributed by atoms with Crippen LogP contribution in [0.2, 0.25) is 0 Å². The number of methoxy groups -OCH3 is 1. The number of rotatable bonds is 14. The zero-order valence-corrected chi connectivity index (χ0v) is 46.9. The van der Waals surface area contributed by atoms with Gasteiger partial charge in [0.2, 0.25) is 11.6 Å². The number of hydrazone groups is 2. The molecule has 0 atom stereocenters. The zero-order chi connectivity index (χ0) is 49.6. The smallest absolute Gasteiger partial charge is 0.744 e. The summed E-state index contributed by atoms with van der Waals surface area (Å²) < 4.78 is 113. The molecule has 0 bridgehead atoms. The van der Waals surface area contributed by atoms with Crippen LogP contribution in [0.1, 0.15) is 31.8 Å². The summed E-state index contributed by atoms with van der Waals surface area (Å²) in [6, 6.07) is 21.2. The summed E-state index contributed by atoms with van der Waals surface area (Å²) >= 11 is 0. The van der Waals surface area contributed by atoms with Crippen LogP contribution < -0.4 is 115 Å². The van der Waals surface area contributed by atoms with Crippen LogP contribution in [0.4, 0.5) is 27.5 Å². The predicted octanol–water partition coefficient (Wildman–Crippen LogP) is -5.59. The van der Waals surface area contributed by atoms with E-state index in [0.29, 0.717) is 29.6 Å². The van der Waals surface area contributed by atoms with Gasteiger partial charge in [0.1, 0.15) is 47.5 Å². The van der Waals surface area contributed by atoms with E-state index in [1.807, 2.05) is 11.9 Å². The Morgan fingerprint density at radius 3 is 1.56 bits per heavy atom. The molecule has 0 spiro atoms. The number of nitrogens with one attached hydrogen (secondary N) is 4. The number of likely N-dealkylation sites (N-methyl/N-ethyl adjacent to an activating group) is 1. The number of ether oxygens (including phenoxy) is 1. The fourth-order valence-corrected chi connectivity index (χ4v) is 8.39. The van der Waals surface area contributed by atoms with Gasteiger partial charge < -0.3 is 44.1 Å². The SMILES string of the molecule is CN(CCO)CCO.COc1ccccc1N/N=C1/C(=O)c2ccc(NC(=O)Nc3ccc4c(c3)C=C(S(=O)(=O)[O-])/C(=N/Nc3ccc5cc(S(=O)(=O)[O-])ccc5c3)C4=O)cc2C=C1S(=O)(=O)[O-].[Na+].[Na+].[Na+]. The van der Waals surface area contributed by atoms with E-state index in [0.717, 1.165) is 18.2 Å².